The molecule has 4 heteroatoms. The predicted molar refractivity (Wildman–Crippen MR) is 61.0 cm³/mol. The lowest BCUT2D eigenvalue weighted by Gasteiger charge is -2.05. The second-order valence-corrected chi connectivity index (χ2v) is 3.84. The number of aryl methyl sites for hydroxylation is 2. The maximum Gasteiger partial charge on any atom is 0.140 e. The summed E-state index contributed by atoms with van der Waals surface area (Å²) in [6.07, 6.45) is 0.759. The number of fused-ring (bicyclic) bond motifs is 1. The predicted octanol–water partition coefficient (Wildman–Crippen LogP) is 3.30. The van der Waals surface area contributed by atoms with Crippen molar-refractivity contribution in [1.29, 1.82) is 0 Å². The molecule has 0 radical (unpaired) electrons. The molecule has 1 aromatic heterocycles. The molecule has 0 fully saturated rings. The molecule has 0 bridgehead atoms. The summed E-state index contributed by atoms with van der Waals surface area (Å²) in [4.78, 5) is 7.25. The average molecular weight is 222 g/mol. The highest BCUT2D eigenvalue weighted by atomic mass is 32.1. The summed E-state index contributed by atoms with van der Waals surface area (Å²) < 4.78 is 13.9. The van der Waals surface area contributed by atoms with Crippen molar-refractivity contribution in [1.82, 2.24) is 9.97 Å². The van der Waals surface area contributed by atoms with Crippen LogP contribution in [0.2, 0.25) is 0 Å². The Bertz CT molecular complexity index is 575. The van der Waals surface area contributed by atoms with Crippen molar-refractivity contribution in [3.63, 3.8) is 0 Å². The number of hydrogen-bond donors (Lipinski definition) is 1. The lowest BCUT2D eigenvalue weighted by atomic mass is 10.1. The highest BCUT2D eigenvalue weighted by Gasteiger charge is 2.07. The number of nitrogens with one attached hydrogen (secondary N) is 1. The lowest BCUT2D eigenvalue weighted by Crippen LogP contribution is -1.97. The van der Waals surface area contributed by atoms with E-state index in [4.69, 9.17) is 12.2 Å². The number of benzene rings is 1. The normalized spacial score (nSPS) is 10.9. The maximum absolute atomic E-state index is 13.5. The third-order valence-corrected chi connectivity index (χ3v) is 2.71. The zero-order chi connectivity index (χ0) is 11.0. The van der Waals surface area contributed by atoms with Crippen molar-refractivity contribution >= 4 is 23.1 Å². The highest BCUT2D eigenvalue weighted by molar-refractivity contribution is 7.71. The Morgan fingerprint density at radius 1 is 1.47 bits per heavy atom. The van der Waals surface area contributed by atoms with E-state index in [1.165, 1.54) is 6.07 Å². The number of rotatable bonds is 1. The van der Waals surface area contributed by atoms with Crippen LogP contribution < -0.4 is 0 Å². The Hall–Kier alpha value is -1.29. The third-order valence-electron chi connectivity index (χ3n) is 2.42. The van der Waals surface area contributed by atoms with Crippen molar-refractivity contribution in [2.24, 2.45) is 0 Å². The van der Waals surface area contributed by atoms with Gasteiger partial charge in [0, 0.05) is 6.42 Å². The lowest BCUT2D eigenvalue weighted by molar-refractivity contribution is 0.638. The molecule has 78 valence electrons. The van der Waals surface area contributed by atoms with E-state index in [0.717, 1.165) is 23.3 Å². The van der Waals surface area contributed by atoms with Gasteiger partial charge in [-0.25, -0.2) is 9.37 Å². The molecule has 2 aromatic rings. The summed E-state index contributed by atoms with van der Waals surface area (Å²) in [6.45, 7) is 3.90. The van der Waals surface area contributed by atoms with E-state index in [0.29, 0.717) is 10.0 Å². The molecule has 0 amide bonds. The summed E-state index contributed by atoms with van der Waals surface area (Å²) in [5.74, 6) is 0.480. The van der Waals surface area contributed by atoms with Crippen LogP contribution in [0.15, 0.2) is 12.1 Å². The van der Waals surface area contributed by atoms with Crippen LogP contribution in [-0.2, 0) is 6.42 Å². The van der Waals surface area contributed by atoms with Gasteiger partial charge in [0.1, 0.15) is 16.3 Å². The zero-order valence-corrected chi connectivity index (χ0v) is 9.41. The Labute approximate surface area is 92.2 Å². The minimum absolute atomic E-state index is 0.313. The smallest absolute Gasteiger partial charge is 0.140 e. The minimum atomic E-state index is -0.313. The second kappa shape index (κ2) is 3.70. The first-order valence-corrected chi connectivity index (χ1v) is 5.22. The van der Waals surface area contributed by atoms with Crippen LogP contribution in [0.3, 0.4) is 0 Å². The Kier molecular flexibility index (Phi) is 2.52. The topological polar surface area (TPSA) is 28.7 Å². The van der Waals surface area contributed by atoms with E-state index in [-0.39, 0.29) is 5.82 Å². The van der Waals surface area contributed by atoms with Gasteiger partial charge in [-0.1, -0.05) is 25.2 Å². The molecule has 1 N–H and O–H groups in total. The molecule has 1 heterocycles. The van der Waals surface area contributed by atoms with E-state index in [9.17, 15) is 4.39 Å². The van der Waals surface area contributed by atoms with E-state index < -0.39 is 0 Å². The Balaban J connectivity index is 2.97. The van der Waals surface area contributed by atoms with Crippen LogP contribution in [0.1, 0.15) is 18.3 Å². The molecule has 0 saturated carbocycles. The summed E-state index contributed by atoms with van der Waals surface area (Å²) in [6, 6.07) is 3.16. The second-order valence-electron chi connectivity index (χ2n) is 3.46. The van der Waals surface area contributed by atoms with Gasteiger partial charge in [-0.2, -0.15) is 0 Å². The van der Waals surface area contributed by atoms with E-state index in [2.05, 4.69) is 9.97 Å². The SMILES string of the molecule is CCc1nc(=S)c2c(F)ccc(C)c2[nH]1. The molecule has 0 aliphatic carbocycles. The number of aromatic nitrogens is 2. The van der Waals surface area contributed by atoms with Gasteiger partial charge in [-0.3, -0.25) is 0 Å². The van der Waals surface area contributed by atoms with Crippen LogP contribution in [-0.4, -0.2) is 9.97 Å². The van der Waals surface area contributed by atoms with Gasteiger partial charge < -0.3 is 4.98 Å². The van der Waals surface area contributed by atoms with Gasteiger partial charge >= 0.3 is 0 Å². The summed E-state index contributed by atoms with van der Waals surface area (Å²) >= 11 is 5.08. The monoisotopic (exact) mass is 222 g/mol. The zero-order valence-electron chi connectivity index (χ0n) is 8.60. The quantitative estimate of drug-likeness (QED) is 0.750. The van der Waals surface area contributed by atoms with Crippen LogP contribution in [0.5, 0.6) is 0 Å². The molecular weight excluding hydrogens is 211 g/mol. The summed E-state index contributed by atoms with van der Waals surface area (Å²) in [5, 5.41) is 0.419. The van der Waals surface area contributed by atoms with E-state index in [1.54, 1.807) is 6.07 Å². The molecule has 0 atom stereocenters. The van der Waals surface area contributed by atoms with Crippen LogP contribution in [0, 0.1) is 17.4 Å². The van der Waals surface area contributed by atoms with Gasteiger partial charge in [0.2, 0.25) is 0 Å². The van der Waals surface area contributed by atoms with Crippen LogP contribution in [0.25, 0.3) is 10.9 Å². The standard InChI is InChI=1S/C11H11FN2S/c1-3-8-13-10-6(2)4-5-7(12)9(10)11(15)14-8/h4-5H,3H2,1-2H3,(H,13,14,15). The number of halogens is 1. The Morgan fingerprint density at radius 2 is 2.20 bits per heavy atom. The van der Waals surface area contributed by atoms with E-state index >= 15 is 0 Å². The van der Waals surface area contributed by atoms with Crippen molar-refractivity contribution in [3.8, 4) is 0 Å². The molecule has 2 nitrogen and oxygen atoms in total. The van der Waals surface area contributed by atoms with E-state index in [1.807, 2.05) is 13.8 Å². The third kappa shape index (κ3) is 1.65. The van der Waals surface area contributed by atoms with Gasteiger partial charge in [0.15, 0.2) is 0 Å². The first-order chi connectivity index (χ1) is 7.13. The number of hydrogen-bond acceptors (Lipinski definition) is 2. The van der Waals surface area contributed by atoms with Gasteiger partial charge in [-0.15, -0.1) is 0 Å². The van der Waals surface area contributed by atoms with Gasteiger partial charge in [0.25, 0.3) is 0 Å². The molecule has 0 spiro atoms. The van der Waals surface area contributed by atoms with Crippen molar-refractivity contribution in [2.45, 2.75) is 20.3 Å². The molecule has 0 unspecified atom stereocenters. The molecule has 1 aromatic carbocycles. The number of aromatic amines is 1. The minimum Gasteiger partial charge on any atom is -0.343 e. The maximum atomic E-state index is 13.5. The molecule has 0 aliphatic heterocycles. The van der Waals surface area contributed by atoms with Crippen molar-refractivity contribution < 1.29 is 4.39 Å². The number of nitrogens with zero attached hydrogens (tertiary/aromatic N) is 1. The first-order valence-electron chi connectivity index (χ1n) is 4.81. The van der Waals surface area contributed by atoms with Crippen LogP contribution in [0.4, 0.5) is 4.39 Å². The number of H-pyrrole nitrogens is 1. The summed E-state index contributed by atoms with van der Waals surface area (Å²) in [7, 11) is 0. The fraction of sp³-hybridized carbons (Fsp3) is 0.273. The fourth-order valence-corrected chi connectivity index (χ4v) is 1.88. The molecular formula is C11H11FN2S. The molecule has 2 rings (SSSR count). The largest absolute Gasteiger partial charge is 0.343 e. The fourth-order valence-electron chi connectivity index (χ4n) is 1.57. The van der Waals surface area contributed by atoms with Crippen molar-refractivity contribution in [3.05, 3.63) is 34.0 Å². The van der Waals surface area contributed by atoms with Crippen molar-refractivity contribution in [2.75, 3.05) is 0 Å². The molecule has 15 heavy (non-hydrogen) atoms. The first kappa shape index (κ1) is 10.2. The Morgan fingerprint density at radius 3 is 2.87 bits per heavy atom. The summed E-state index contributed by atoms with van der Waals surface area (Å²) in [5.41, 5.74) is 1.74. The molecule has 0 saturated heterocycles. The highest BCUT2D eigenvalue weighted by Crippen LogP contribution is 2.20. The van der Waals surface area contributed by atoms with Gasteiger partial charge in [0.05, 0.1) is 10.9 Å². The van der Waals surface area contributed by atoms with Gasteiger partial charge in [-0.05, 0) is 18.6 Å². The average Bonchev–Trinajstić information content (AvgIpc) is 2.23. The van der Waals surface area contributed by atoms with Crippen LogP contribution >= 0.6 is 12.2 Å². The molecule has 0 aliphatic rings.